The van der Waals surface area contributed by atoms with Crippen molar-refractivity contribution in [2.75, 3.05) is 19.6 Å². The molecule has 0 spiro atoms. The highest BCUT2D eigenvalue weighted by Gasteiger charge is 2.08. The Labute approximate surface area is 73.9 Å². The highest BCUT2D eigenvalue weighted by Crippen LogP contribution is 1.95. The zero-order chi connectivity index (χ0) is 9.40. The number of hydrogen-bond acceptors (Lipinski definition) is 2. The molecule has 0 saturated carbocycles. The molecule has 0 aromatic carbocycles. The Hall–Kier alpha value is -1.01. The monoisotopic (exact) mass is 168 g/mol. The summed E-state index contributed by atoms with van der Waals surface area (Å²) in [5.41, 5.74) is 5.28. The lowest BCUT2D eigenvalue weighted by atomic mass is 10.3. The highest BCUT2D eigenvalue weighted by atomic mass is 16.2. The van der Waals surface area contributed by atoms with Crippen LogP contribution < -0.4 is 5.73 Å². The molecule has 3 heteroatoms. The Morgan fingerprint density at radius 1 is 1.67 bits per heavy atom. The van der Waals surface area contributed by atoms with Gasteiger partial charge in [-0.1, -0.05) is 5.92 Å². The zero-order valence-corrected chi connectivity index (χ0v) is 7.55. The van der Waals surface area contributed by atoms with Crippen LogP contribution in [0.5, 0.6) is 0 Å². The fourth-order valence-corrected chi connectivity index (χ4v) is 0.898. The average Bonchev–Trinajstić information content (AvgIpc) is 2.10. The van der Waals surface area contributed by atoms with Crippen LogP contribution in [-0.2, 0) is 4.79 Å². The van der Waals surface area contributed by atoms with Crippen molar-refractivity contribution >= 4 is 5.91 Å². The van der Waals surface area contributed by atoms with E-state index in [1.807, 2.05) is 6.92 Å². The second-order valence-electron chi connectivity index (χ2n) is 2.50. The topological polar surface area (TPSA) is 46.3 Å². The van der Waals surface area contributed by atoms with E-state index in [2.05, 4.69) is 5.92 Å². The van der Waals surface area contributed by atoms with Gasteiger partial charge in [-0.25, -0.2) is 0 Å². The SMILES string of the molecule is C#CCN(CC)C(=O)CCCN. The van der Waals surface area contributed by atoms with Crippen LogP contribution >= 0.6 is 0 Å². The number of hydrogen-bond donors (Lipinski definition) is 1. The van der Waals surface area contributed by atoms with E-state index in [1.54, 1.807) is 4.90 Å². The van der Waals surface area contributed by atoms with Gasteiger partial charge in [-0.3, -0.25) is 4.79 Å². The van der Waals surface area contributed by atoms with Gasteiger partial charge in [0.05, 0.1) is 6.54 Å². The second-order valence-corrected chi connectivity index (χ2v) is 2.50. The summed E-state index contributed by atoms with van der Waals surface area (Å²) in [4.78, 5) is 12.9. The lowest BCUT2D eigenvalue weighted by Crippen LogP contribution is -2.31. The molecule has 0 atom stereocenters. The fraction of sp³-hybridized carbons (Fsp3) is 0.667. The highest BCUT2D eigenvalue weighted by molar-refractivity contribution is 5.76. The Morgan fingerprint density at radius 3 is 2.75 bits per heavy atom. The molecule has 1 amide bonds. The molecule has 0 aromatic heterocycles. The summed E-state index contributed by atoms with van der Waals surface area (Å²) >= 11 is 0. The van der Waals surface area contributed by atoms with Crippen molar-refractivity contribution in [3.8, 4) is 12.3 Å². The summed E-state index contributed by atoms with van der Waals surface area (Å²) in [7, 11) is 0. The van der Waals surface area contributed by atoms with Crippen molar-refractivity contribution in [1.82, 2.24) is 4.90 Å². The normalized spacial score (nSPS) is 9.08. The molecule has 0 fully saturated rings. The van der Waals surface area contributed by atoms with Crippen LogP contribution in [0, 0.1) is 12.3 Å². The van der Waals surface area contributed by atoms with Gasteiger partial charge >= 0.3 is 0 Å². The molecular weight excluding hydrogens is 152 g/mol. The van der Waals surface area contributed by atoms with Gasteiger partial charge in [-0.2, -0.15) is 0 Å². The molecule has 0 aliphatic heterocycles. The van der Waals surface area contributed by atoms with E-state index in [0.29, 0.717) is 26.1 Å². The van der Waals surface area contributed by atoms with Gasteiger partial charge < -0.3 is 10.6 Å². The minimum absolute atomic E-state index is 0.0981. The second kappa shape index (κ2) is 6.68. The Balaban J connectivity index is 3.79. The van der Waals surface area contributed by atoms with Crippen LogP contribution in [0.3, 0.4) is 0 Å². The number of nitrogens with two attached hydrogens (primary N) is 1. The van der Waals surface area contributed by atoms with Crippen LogP contribution in [0.4, 0.5) is 0 Å². The van der Waals surface area contributed by atoms with Crippen LogP contribution in [-0.4, -0.2) is 30.4 Å². The third-order valence-corrected chi connectivity index (χ3v) is 1.61. The van der Waals surface area contributed by atoms with Gasteiger partial charge in [0.25, 0.3) is 0 Å². The van der Waals surface area contributed by atoms with Crippen molar-refractivity contribution in [3.05, 3.63) is 0 Å². The predicted molar refractivity (Wildman–Crippen MR) is 49.4 cm³/mol. The summed E-state index contributed by atoms with van der Waals surface area (Å²) in [6, 6.07) is 0. The van der Waals surface area contributed by atoms with Crippen LogP contribution in [0.1, 0.15) is 19.8 Å². The molecule has 0 aliphatic carbocycles. The number of terminal acetylenes is 1. The van der Waals surface area contributed by atoms with E-state index in [0.717, 1.165) is 6.42 Å². The lowest BCUT2D eigenvalue weighted by Gasteiger charge is -2.17. The molecule has 0 bridgehead atoms. The Bertz CT molecular complexity index is 172. The van der Waals surface area contributed by atoms with Crippen molar-refractivity contribution < 1.29 is 4.79 Å². The van der Waals surface area contributed by atoms with Gasteiger partial charge in [0.1, 0.15) is 0 Å². The van der Waals surface area contributed by atoms with Crippen LogP contribution in [0.25, 0.3) is 0 Å². The summed E-state index contributed by atoms with van der Waals surface area (Å²) in [5.74, 6) is 2.55. The average molecular weight is 168 g/mol. The van der Waals surface area contributed by atoms with E-state index in [1.165, 1.54) is 0 Å². The number of carbonyl (C=O) groups excluding carboxylic acids is 1. The van der Waals surface area contributed by atoms with Gasteiger partial charge in [0.2, 0.25) is 5.91 Å². The van der Waals surface area contributed by atoms with Crippen LogP contribution in [0.15, 0.2) is 0 Å². The zero-order valence-electron chi connectivity index (χ0n) is 7.55. The maximum Gasteiger partial charge on any atom is 0.223 e. The first-order chi connectivity index (χ1) is 5.76. The van der Waals surface area contributed by atoms with Gasteiger partial charge in [-0.05, 0) is 19.9 Å². The molecule has 0 radical (unpaired) electrons. The van der Waals surface area contributed by atoms with E-state index < -0.39 is 0 Å². The first kappa shape index (κ1) is 11.0. The molecule has 0 saturated heterocycles. The minimum Gasteiger partial charge on any atom is -0.332 e. The summed E-state index contributed by atoms with van der Waals surface area (Å²) in [6.45, 7) is 3.55. The van der Waals surface area contributed by atoms with Crippen LogP contribution in [0.2, 0.25) is 0 Å². The summed E-state index contributed by atoms with van der Waals surface area (Å²) < 4.78 is 0. The number of amides is 1. The Morgan fingerprint density at radius 2 is 2.33 bits per heavy atom. The predicted octanol–water partition coefficient (Wildman–Crippen LogP) is 0.207. The van der Waals surface area contributed by atoms with E-state index in [4.69, 9.17) is 12.2 Å². The van der Waals surface area contributed by atoms with Gasteiger partial charge in [-0.15, -0.1) is 6.42 Å². The van der Waals surface area contributed by atoms with E-state index in [-0.39, 0.29) is 5.91 Å². The molecule has 0 aliphatic rings. The molecule has 12 heavy (non-hydrogen) atoms. The fourth-order valence-electron chi connectivity index (χ4n) is 0.898. The maximum absolute atomic E-state index is 11.3. The van der Waals surface area contributed by atoms with Crippen molar-refractivity contribution in [2.45, 2.75) is 19.8 Å². The molecular formula is C9H16N2O. The molecule has 2 N–H and O–H groups in total. The third kappa shape index (κ3) is 3.99. The molecule has 0 unspecified atom stereocenters. The first-order valence-electron chi connectivity index (χ1n) is 4.17. The van der Waals surface area contributed by atoms with Gasteiger partial charge in [0, 0.05) is 13.0 Å². The molecule has 3 nitrogen and oxygen atoms in total. The quantitative estimate of drug-likeness (QED) is 0.596. The van der Waals surface area contributed by atoms with Crippen molar-refractivity contribution in [3.63, 3.8) is 0 Å². The van der Waals surface area contributed by atoms with Crippen molar-refractivity contribution in [1.29, 1.82) is 0 Å². The van der Waals surface area contributed by atoms with E-state index in [9.17, 15) is 4.79 Å². The summed E-state index contributed by atoms with van der Waals surface area (Å²) in [6.07, 6.45) is 6.34. The molecule has 0 rings (SSSR count). The number of nitrogens with zero attached hydrogens (tertiary/aromatic N) is 1. The smallest absolute Gasteiger partial charge is 0.223 e. The van der Waals surface area contributed by atoms with Gasteiger partial charge in [0.15, 0.2) is 0 Å². The number of rotatable bonds is 5. The molecule has 0 aromatic rings. The number of carbonyl (C=O) groups is 1. The maximum atomic E-state index is 11.3. The first-order valence-corrected chi connectivity index (χ1v) is 4.17. The van der Waals surface area contributed by atoms with E-state index >= 15 is 0 Å². The lowest BCUT2D eigenvalue weighted by molar-refractivity contribution is -0.130. The summed E-state index contributed by atoms with van der Waals surface area (Å²) in [5, 5.41) is 0. The third-order valence-electron chi connectivity index (χ3n) is 1.61. The Kier molecular flexibility index (Phi) is 6.12. The standard InChI is InChI=1S/C9H16N2O/c1-3-8-11(4-2)9(12)6-5-7-10/h1H,4-8,10H2,2H3. The largest absolute Gasteiger partial charge is 0.332 e. The molecule has 0 heterocycles. The minimum atomic E-state index is 0.0981. The molecule has 68 valence electrons. The van der Waals surface area contributed by atoms with Crippen molar-refractivity contribution in [2.24, 2.45) is 5.73 Å².